The minimum absolute atomic E-state index is 0.167. The largest absolute Gasteiger partial charge is 0.487 e. The minimum Gasteiger partial charge on any atom is -0.487 e. The third-order valence-electron chi connectivity index (χ3n) is 5.55. The molecule has 0 atom stereocenters. The Hall–Kier alpha value is -3.75. The molecule has 36 heavy (non-hydrogen) atoms. The molecule has 0 fully saturated rings. The zero-order valence-electron chi connectivity index (χ0n) is 20.6. The van der Waals surface area contributed by atoms with Gasteiger partial charge in [0.15, 0.2) is 0 Å². The van der Waals surface area contributed by atoms with Gasteiger partial charge in [-0.3, -0.25) is 9.48 Å². The van der Waals surface area contributed by atoms with Crippen molar-refractivity contribution in [2.45, 2.75) is 59.0 Å². The van der Waals surface area contributed by atoms with Crippen LogP contribution < -0.4 is 4.74 Å². The molecule has 0 spiro atoms. The summed E-state index contributed by atoms with van der Waals surface area (Å²) in [6, 6.07) is 12.4. The highest BCUT2D eigenvalue weighted by Crippen LogP contribution is 2.31. The van der Waals surface area contributed by atoms with E-state index in [1.54, 1.807) is 10.9 Å². The lowest BCUT2D eigenvalue weighted by atomic mass is 10.1. The maximum absolute atomic E-state index is 12.9. The van der Waals surface area contributed by atoms with Crippen LogP contribution in [-0.4, -0.2) is 26.3 Å². The molecule has 4 aromatic rings. The zero-order valence-corrected chi connectivity index (χ0v) is 20.6. The van der Waals surface area contributed by atoms with Crippen LogP contribution >= 0.6 is 0 Å². The van der Waals surface area contributed by atoms with E-state index in [2.05, 4.69) is 10.1 Å². The molecule has 190 valence electrons. The molecule has 4 rings (SSSR count). The molecule has 9 heteroatoms. The van der Waals surface area contributed by atoms with Crippen LogP contribution in [0.3, 0.4) is 0 Å². The van der Waals surface area contributed by atoms with Gasteiger partial charge < -0.3 is 14.5 Å². The molecule has 0 saturated heterocycles. The second-order valence-electron chi connectivity index (χ2n) is 9.48. The number of carbonyl (C=O) groups excluding carboxylic acids is 1. The van der Waals surface area contributed by atoms with E-state index in [1.807, 2.05) is 52.0 Å². The average Bonchev–Trinajstić information content (AvgIpc) is 3.39. The number of ether oxygens (including phenoxy) is 2. The number of H-pyrrole nitrogens is 1. The van der Waals surface area contributed by atoms with Crippen LogP contribution in [0.15, 0.2) is 54.7 Å². The van der Waals surface area contributed by atoms with E-state index in [0.717, 1.165) is 34.3 Å². The first kappa shape index (κ1) is 25.3. The molecule has 2 aromatic carbocycles. The molecule has 0 saturated carbocycles. The molecule has 0 aliphatic rings. The molecule has 0 aliphatic carbocycles. The van der Waals surface area contributed by atoms with Crippen molar-refractivity contribution in [3.8, 4) is 17.0 Å². The van der Waals surface area contributed by atoms with Crippen molar-refractivity contribution >= 4 is 16.9 Å². The lowest BCUT2D eigenvalue weighted by Gasteiger charge is -2.19. The van der Waals surface area contributed by atoms with Gasteiger partial charge >= 0.3 is 12.1 Å². The Labute approximate surface area is 207 Å². The standard InChI is InChI=1S/C27H28F3N3O3/c1-5-33-20(13-23(32-33)17-6-8-19(9-7-17)27(28,29)30)16-35-21-10-11-22-18(15-31-24(22)14-21)12-25(34)36-26(2,3)4/h6-11,13-15,31H,5,12,16H2,1-4H3. The summed E-state index contributed by atoms with van der Waals surface area (Å²) in [6.07, 6.45) is -2.42. The van der Waals surface area contributed by atoms with Crippen LogP contribution in [0.4, 0.5) is 13.2 Å². The van der Waals surface area contributed by atoms with Gasteiger partial charge in [0.05, 0.1) is 23.4 Å². The Morgan fingerprint density at radius 3 is 2.42 bits per heavy atom. The van der Waals surface area contributed by atoms with Crippen molar-refractivity contribution in [1.82, 2.24) is 14.8 Å². The Balaban J connectivity index is 1.46. The summed E-state index contributed by atoms with van der Waals surface area (Å²) in [5, 5.41) is 5.43. The van der Waals surface area contributed by atoms with Crippen LogP contribution in [0.5, 0.6) is 5.75 Å². The van der Waals surface area contributed by atoms with Gasteiger partial charge in [0.1, 0.15) is 18.0 Å². The van der Waals surface area contributed by atoms with Crippen LogP contribution in [0.1, 0.15) is 44.5 Å². The summed E-state index contributed by atoms with van der Waals surface area (Å²) < 4.78 is 51.7. The van der Waals surface area contributed by atoms with Crippen LogP contribution in [0, 0.1) is 0 Å². The number of halogens is 3. The van der Waals surface area contributed by atoms with Gasteiger partial charge in [-0.15, -0.1) is 0 Å². The number of hydrogen-bond acceptors (Lipinski definition) is 4. The van der Waals surface area contributed by atoms with E-state index >= 15 is 0 Å². The fourth-order valence-electron chi connectivity index (χ4n) is 3.91. The summed E-state index contributed by atoms with van der Waals surface area (Å²) in [6.45, 7) is 8.26. The molecule has 6 nitrogen and oxygen atoms in total. The fraction of sp³-hybridized carbons (Fsp3) is 0.333. The van der Waals surface area contributed by atoms with Gasteiger partial charge in [-0.2, -0.15) is 18.3 Å². The number of nitrogens with zero attached hydrogens (tertiary/aromatic N) is 2. The molecule has 0 radical (unpaired) electrons. The number of benzene rings is 2. The highest BCUT2D eigenvalue weighted by molar-refractivity contribution is 5.88. The SMILES string of the molecule is CCn1nc(-c2ccc(C(F)(F)F)cc2)cc1COc1ccc2c(CC(=O)OC(C)(C)C)c[nH]c2c1. The van der Waals surface area contributed by atoms with Crippen molar-refractivity contribution in [1.29, 1.82) is 0 Å². The number of hydrogen-bond donors (Lipinski definition) is 1. The molecule has 0 amide bonds. The highest BCUT2D eigenvalue weighted by atomic mass is 19.4. The van der Waals surface area contributed by atoms with Crippen LogP contribution in [-0.2, 0) is 35.3 Å². The van der Waals surface area contributed by atoms with Crippen LogP contribution in [0.2, 0.25) is 0 Å². The van der Waals surface area contributed by atoms with E-state index in [9.17, 15) is 18.0 Å². The zero-order chi connectivity index (χ0) is 26.1. The molecule has 1 N–H and O–H groups in total. The monoisotopic (exact) mass is 499 g/mol. The third kappa shape index (κ3) is 5.90. The third-order valence-corrected chi connectivity index (χ3v) is 5.55. The second kappa shape index (κ2) is 9.72. The van der Waals surface area contributed by atoms with Gasteiger partial charge in [0, 0.05) is 35.3 Å². The van der Waals surface area contributed by atoms with E-state index < -0.39 is 17.3 Å². The Kier molecular flexibility index (Phi) is 6.84. The fourth-order valence-corrected chi connectivity index (χ4v) is 3.91. The Morgan fingerprint density at radius 2 is 1.78 bits per heavy atom. The van der Waals surface area contributed by atoms with Crippen molar-refractivity contribution < 1.29 is 27.4 Å². The lowest BCUT2D eigenvalue weighted by Crippen LogP contribution is -2.24. The second-order valence-corrected chi connectivity index (χ2v) is 9.48. The molecule has 2 heterocycles. The van der Waals surface area contributed by atoms with Gasteiger partial charge in [-0.05, 0) is 63.6 Å². The highest BCUT2D eigenvalue weighted by Gasteiger charge is 2.30. The van der Waals surface area contributed by atoms with E-state index in [1.165, 1.54) is 12.1 Å². The Bertz CT molecular complexity index is 1360. The molecule has 0 unspecified atom stereocenters. The predicted octanol–water partition coefficient (Wildman–Crippen LogP) is 6.53. The maximum Gasteiger partial charge on any atom is 0.416 e. The molecular formula is C27H28F3N3O3. The number of nitrogens with one attached hydrogen (secondary N) is 1. The van der Waals surface area contributed by atoms with Gasteiger partial charge in [-0.1, -0.05) is 12.1 Å². The van der Waals surface area contributed by atoms with E-state index in [-0.39, 0.29) is 19.0 Å². The van der Waals surface area contributed by atoms with E-state index in [0.29, 0.717) is 23.6 Å². The maximum atomic E-state index is 12.9. The minimum atomic E-state index is -4.38. The smallest absolute Gasteiger partial charge is 0.416 e. The van der Waals surface area contributed by atoms with Gasteiger partial charge in [-0.25, -0.2) is 0 Å². The number of aromatic nitrogens is 3. The molecule has 0 bridgehead atoms. The summed E-state index contributed by atoms with van der Waals surface area (Å²) in [4.78, 5) is 15.4. The first-order valence-corrected chi connectivity index (χ1v) is 11.6. The number of aryl methyl sites for hydroxylation is 1. The van der Waals surface area contributed by atoms with Crippen molar-refractivity contribution in [3.05, 3.63) is 71.5 Å². The van der Waals surface area contributed by atoms with Crippen LogP contribution in [0.25, 0.3) is 22.2 Å². The number of alkyl halides is 3. The number of carbonyl (C=O) groups is 1. The van der Waals surface area contributed by atoms with Crippen molar-refractivity contribution in [2.24, 2.45) is 0 Å². The number of esters is 1. The quantitative estimate of drug-likeness (QED) is 0.294. The molecule has 2 aromatic heterocycles. The van der Waals surface area contributed by atoms with Crippen molar-refractivity contribution in [3.63, 3.8) is 0 Å². The number of fused-ring (bicyclic) bond motifs is 1. The van der Waals surface area contributed by atoms with Gasteiger partial charge in [0.2, 0.25) is 0 Å². The summed E-state index contributed by atoms with van der Waals surface area (Å²) in [5.74, 6) is 0.341. The Morgan fingerprint density at radius 1 is 1.06 bits per heavy atom. The average molecular weight is 500 g/mol. The number of rotatable bonds is 7. The first-order chi connectivity index (χ1) is 16.9. The lowest BCUT2D eigenvalue weighted by molar-refractivity contribution is -0.153. The predicted molar refractivity (Wildman–Crippen MR) is 131 cm³/mol. The normalized spacial score (nSPS) is 12.2. The van der Waals surface area contributed by atoms with Crippen molar-refractivity contribution in [2.75, 3.05) is 0 Å². The molecular weight excluding hydrogens is 471 g/mol. The van der Waals surface area contributed by atoms with E-state index in [4.69, 9.17) is 9.47 Å². The molecule has 0 aliphatic heterocycles. The topological polar surface area (TPSA) is 69.1 Å². The summed E-state index contributed by atoms with van der Waals surface area (Å²) in [5.41, 5.74) is 2.42. The van der Waals surface area contributed by atoms with Gasteiger partial charge in [0.25, 0.3) is 0 Å². The number of aromatic amines is 1. The summed E-state index contributed by atoms with van der Waals surface area (Å²) in [7, 11) is 0. The first-order valence-electron chi connectivity index (χ1n) is 11.6. The summed E-state index contributed by atoms with van der Waals surface area (Å²) >= 11 is 0.